The van der Waals surface area contributed by atoms with Crippen LogP contribution in [0.5, 0.6) is 0 Å². The number of benzene rings is 1. The van der Waals surface area contributed by atoms with E-state index in [9.17, 15) is 9.90 Å². The molecule has 1 unspecified atom stereocenters. The van der Waals surface area contributed by atoms with Crippen LogP contribution in [0.1, 0.15) is 43.2 Å². The van der Waals surface area contributed by atoms with Gasteiger partial charge in [0.25, 0.3) is 0 Å². The van der Waals surface area contributed by atoms with Crippen LogP contribution in [0, 0.1) is 0 Å². The molecule has 0 bridgehead atoms. The predicted molar refractivity (Wildman–Crippen MR) is 77.2 cm³/mol. The van der Waals surface area contributed by atoms with Crippen LogP contribution >= 0.6 is 0 Å². The molecule has 2 heterocycles. The van der Waals surface area contributed by atoms with Crippen LogP contribution < -0.4 is 0 Å². The van der Waals surface area contributed by atoms with Crippen molar-refractivity contribution in [1.82, 2.24) is 4.57 Å². The van der Waals surface area contributed by atoms with Crippen molar-refractivity contribution in [2.75, 3.05) is 6.61 Å². The molecule has 1 atom stereocenters. The zero-order valence-electron chi connectivity index (χ0n) is 11.8. The van der Waals surface area contributed by atoms with E-state index in [1.54, 1.807) is 6.07 Å². The number of carbonyl (C=O) groups is 1. The standard InChI is InChI=1S/C16H19NO3/c1-16(2)10-12(7-8-20-16)17-13-6-4-3-5-11(13)9-14(17)15(18)19/h3-6,9,12H,7-8,10H2,1-2H3,(H,18,19). The quantitative estimate of drug-likeness (QED) is 0.911. The van der Waals surface area contributed by atoms with E-state index in [-0.39, 0.29) is 11.6 Å². The summed E-state index contributed by atoms with van der Waals surface area (Å²) in [5, 5.41) is 10.5. The molecule has 1 N–H and O–H groups in total. The van der Waals surface area contributed by atoms with Crippen LogP contribution in [0.15, 0.2) is 30.3 Å². The summed E-state index contributed by atoms with van der Waals surface area (Å²) in [5.41, 5.74) is 1.16. The third-order valence-corrected chi connectivity index (χ3v) is 4.00. The van der Waals surface area contributed by atoms with Gasteiger partial charge in [0.2, 0.25) is 0 Å². The van der Waals surface area contributed by atoms with Crippen LogP contribution in [-0.4, -0.2) is 27.9 Å². The number of para-hydroxylation sites is 1. The van der Waals surface area contributed by atoms with Crippen LogP contribution in [0.2, 0.25) is 0 Å². The molecule has 4 nitrogen and oxygen atoms in total. The largest absolute Gasteiger partial charge is 0.477 e. The number of hydrogen-bond acceptors (Lipinski definition) is 2. The number of hydrogen-bond donors (Lipinski definition) is 1. The number of nitrogens with zero attached hydrogens (tertiary/aromatic N) is 1. The van der Waals surface area contributed by atoms with Crippen molar-refractivity contribution in [3.05, 3.63) is 36.0 Å². The second-order valence-electron chi connectivity index (χ2n) is 6.02. The molecule has 0 aliphatic carbocycles. The van der Waals surface area contributed by atoms with Gasteiger partial charge >= 0.3 is 5.97 Å². The minimum absolute atomic E-state index is 0.171. The fourth-order valence-corrected chi connectivity index (χ4v) is 3.15. The molecule has 0 spiro atoms. The van der Waals surface area contributed by atoms with Crippen LogP contribution in [0.4, 0.5) is 0 Å². The Bertz CT molecular complexity index is 657. The van der Waals surface area contributed by atoms with Gasteiger partial charge in [0.05, 0.1) is 5.60 Å². The Balaban J connectivity index is 2.13. The lowest BCUT2D eigenvalue weighted by Crippen LogP contribution is -2.35. The molecule has 1 aromatic carbocycles. The Morgan fingerprint density at radius 2 is 2.15 bits per heavy atom. The van der Waals surface area contributed by atoms with Crippen molar-refractivity contribution in [2.45, 2.75) is 38.3 Å². The van der Waals surface area contributed by atoms with Crippen molar-refractivity contribution in [2.24, 2.45) is 0 Å². The Morgan fingerprint density at radius 3 is 2.85 bits per heavy atom. The molecular formula is C16H19NO3. The lowest BCUT2D eigenvalue weighted by Gasteiger charge is -2.37. The first kappa shape index (κ1) is 13.2. The summed E-state index contributed by atoms with van der Waals surface area (Å²) < 4.78 is 7.72. The topological polar surface area (TPSA) is 51.5 Å². The van der Waals surface area contributed by atoms with Crippen LogP contribution in [-0.2, 0) is 4.74 Å². The van der Waals surface area contributed by atoms with Crippen LogP contribution in [0.3, 0.4) is 0 Å². The smallest absolute Gasteiger partial charge is 0.352 e. The monoisotopic (exact) mass is 273 g/mol. The number of carboxylic acid groups (broad SMARTS) is 1. The Labute approximate surface area is 118 Å². The molecule has 106 valence electrons. The zero-order valence-corrected chi connectivity index (χ0v) is 11.8. The van der Waals surface area contributed by atoms with Crippen molar-refractivity contribution < 1.29 is 14.6 Å². The number of rotatable bonds is 2. The van der Waals surface area contributed by atoms with Gasteiger partial charge in [0, 0.05) is 23.6 Å². The molecule has 1 aliphatic heterocycles. The van der Waals surface area contributed by atoms with Crippen molar-refractivity contribution >= 4 is 16.9 Å². The van der Waals surface area contributed by atoms with Gasteiger partial charge < -0.3 is 14.4 Å². The highest BCUT2D eigenvalue weighted by atomic mass is 16.5. The maximum absolute atomic E-state index is 11.5. The molecule has 20 heavy (non-hydrogen) atoms. The zero-order chi connectivity index (χ0) is 14.3. The van der Waals surface area contributed by atoms with Gasteiger partial charge in [-0.2, -0.15) is 0 Å². The number of aromatic nitrogens is 1. The molecule has 1 aliphatic rings. The highest BCUT2D eigenvalue weighted by Crippen LogP contribution is 2.36. The van der Waals surface area contributed by atoms with E-state index < -0.39 is 5.97 Å². The molecule has 0 radical (unpaired) electrons. The first-order valence-electron chi connectivity index (χ1n) is 6.95. The highest BCUT2D eigenvalue weighted by molar-refractivity contribution is 5.94. The fourth-order valence-electron chi connectivity index (χ4n) is 3.15. The number of carboxylic acids is 1. The van der Waals surface area contributed by atoms with E-state index in [0.717, 1.165) is 23.7 Å². The van der Waals surface area contributed by atoms with E-state index in [1.165, 1.54) is 0 Å². The van der Waals surface area contributed by atoms with Gasteiger partial charge in [-0.05, 0) is 38.8 Å². The second kappa shape index (κ2) is 4.63. The Kier molecular flexibility index (Phi) is 3.05. The van der Waals surface area contributed by atoms with E-state index in [0.29, 0.717) is 12.3 Å². The summed E-state index contributed by atoms with van der Waals surface area (Å²) in [6, 6.07) is 9.78. The van der Waals surface area contributed by atoms with E-state index >= 15 is 0 Å². The maximum atomic E-state index is 11.5. The van der Waals surface area contributed by atoms with E-state index in [2.05, 4.69) is 13.8 Å². The molecule has 1 fully saturated rings. The third kappa shape index (κ3) is 2.20. The third-order valence-electron chi connectivity index (χ3n) is 4.00. The highest BCUT2D eigenvalue weighted by Gasteiger charge is 2.32. The normalized spacial score (nSPS) is 22.0. The summed E-state index contributed by atoms with van der Waals surface area (Å²) in [5.74, 6) is -0.870. The first-order chi connectivity index (χ1) is 9.48. The van der Waals surface area contributed by atoms with Gasteiger partial charge in [-0.1, -0.05) is 18.2 Å². The molecular weight excluding hydrogens is 254 g/mol. The minimum Gasteiger partial charge on any atom is -0.477 e. The fraction of sp³-hybridized carbons (Fsp3) is 0.438. The van der Waals surface area contributed by atoms with Crippen molar-refractivity contribution in [3.8, 4) is 0 Å². The van der Waals surface area contributed by atoms with Crippen LogP contribution in [0.25, 0.3) is 10.9 Å². The SMILES string of the molecule is CC1(C)CC(n2c(C(=O)O)cc3ccccc32)CCO1. The maximum Gasteiger partial charge on any atom is 0.352 e. The molecule has 0 saturated carbocycles. The average molecular weight is 273 g/mol. The van der Waals surface area contributed by atoms with Gasteiger partial charge in [0.1, 0.15) is 5.69 Å². The van der Waals surface area contributed by atoms with Gasteiger partial charge in [-0.3, -0.25) is 0 Å². The molecule has 0 amide bonds. The Morgan fingerprint density at radius 1 is 1.40 bits per heavy atom. The van der Waals surface area contributed by atoms with Gasteiger partial charge in [-0.25, -0.2) is 4.79 Å². The van der Waals surface area contributed by atoms with E-state index in [4.69, 9.17) is 4.74 Å². The minimum atomic E-state index is -0.870. The number of aromatic carboxylic acids is 1. The second-order valence-corrected chi connectivity index (χ2v) is 6.02. The summed E-state index contributed by atoms with van der Waals surface area (Å²) in [6.07, 6.45) is 1.67. The molecule has 2 aromatic rings. The lowest BCUT2D eigenvalue weighted by atomic mass is 9.93. The van der Waals surface area contributed by atoms with Crippen molar-refractivity contribution in [3.63, 3.8) is 0 Å². The van der Waals surface area contributed by atoms with E-state index in [1.807, 2.05) is 28.8 Å². The number of fused-ring (bicyclic) bond motifs is 1. The average Bonchev–Trinajstić information content (AvgIpc) is 2.77. The molecule has 3 rings (SSSR count). The summed E-state index contributed by atoms with van der Waals surface area (Å²) in [4.78, 5) is 11.5. The summed E-state index contributed by atoms with van der Waals surface area (Å²) in [6.45, 7) is 4.79. The lowest BCUT2D eigenvalue weighted by molar-refractivity contribution is -0.0688. The summed E-state index contributed by atoms with van der Waals surface area (Å²) >= 11 is 0. The molecule has 4 heteroatoms. The first-order valence-corrected chi connectivity index (χ1v) is 6.95. The number of ether oxygens (including phenoxy) is 1. The molecule has 1 saturated heterocycles. The predicted octanol–water partition coefficient (Wildman–Crippen LogP) is 3.47. The van der Waals surface area contributed by atoms with Gasteiger partial charge in [0.15, 0.2) is 0 Å². The molecule has 1 aromatic heterocycles. The Hall–Kier alpha value is -1.81. The van der Waals surface area contributed by atoms with Crippen molar-refractivity contribution in [1.29, 1.82) is 0 Å². The van der Waals surface area contributed by atoms with Gasteiger partial charge in [-0.15, -0.1) is 0 Å². The summed E-state index contributed by atoms with van der Waals surface area (Å²) in [7, 11) is 0.